The van der Waals surface area contributed by atoms with E-state index in [9.17, 15) is 18.0 Å². The van der Waals surface area contributed by atoms with E-state index in [0.717, 1.165) is 6.07 Å². The highest BCUT2D eigenvalue weighted by molar-refractivity contribution is 7.89. The average molecular weight is 469 g/mol. The highest BCUT2D eigenvalue weighted by Crippen LogP contribution is 2.30. The first-order valence-electron chi connectivity index (χ1n) is 7.30. The maximum absolute atomic E-state index is 12.2. The quantitative estimate of drug-likeness (QED) is 0.419. The lowest BCUT2D eigenvalue weighted by molar-refractivity contribution is -0.123. The van der Waals surface area contributed by atoms with Crippen LogP contribution in [0.2, 0.25) is 15.2 Å². The lowest BCUT2D eigenvalue weighted by atomic mass is 10.1. The number of amides is 1. The molecule has 0 unspecified atom stereocenters. The zero-order chi connectivity index (χ0) is 21.1. The fraction of sp³-hybridized carbons (Fsp3) is 0.133. The van der Waals surface area contributed by atoms with E-state index in [0.29, 0.717) is 5.56 Å². The van der Waals surface area contributed by atoms with Crippen molar-refractivity contribution in [2.24, 2.45) is 0 Å². The van der Waals surface area contributed by atoms with E-state index in [1.807, 2.05) is 10.3 Å². The van der Waals surface area contributed by atoms with Crippen molar-refractivity contribution in [2.75, 3.05) is 6.61 Å². The van der Waals surface area contributed by atoms with E-state index in [1.165, 1.54) is 25.1 Å². The number of nitrogens with zero attached hydrogens (tertiary/aromatic N) is 1. The largest absolute Gasteiger partial charge is 0.478 e. The number of sulfonamides is 1. The fourth-order valence-corrected chi connectivity index (χ4v) is 3.31. The number of carboxylic acids is 1. The monoisotopic (exact) mass is 467 g/mol. The van der Waals surface area contributed by atoms with Crippen molar-refractivity contribution in [3.05, 3.63) is 50.6 Å². The maximum atomic E-state index is 12.2. The molecule has 0 saturated carbocycles. The lowest BCUT2D eigenvalue weighted by Gasteiger charge is -2.11. The SMILES string of the molecule is Cc1ccc(S(=O)(=O)NNC(=O)COc2nc(Cl)c(Cl)cc2Cl)cc1C(=O)O. The van der Waals surface area contributed by atoms with E-state index in [4.69, 9.17) is 44.6 Å². The summed E-state index contributed by atoms with van der Waals surface area (Å²) in [5.74, 6) is -2.32. The van der Waals surface area contributed by atoms with Gasteiger partial charge in [-0.2, -0.15) is 4.98 Å². The maximum Gasteiger partial charge on any atom is 0.335 e. The number of hydrazine groups is 1. The Morgan fingerprint density at radius 3 is 2.50 bits per heavy atom. The number of hydrogen-bond donors (Lipinski definition) is 3. The molecule has 9 nitrogen and oxygen atoms in total. The first kappa shape index (κ1) is 22.2. The van der Waals surface area contributed by atoms with Crippen LogP contribution in [0.1, 0.15) is 15.9 Å². The van der Waals surface area contributed by atoms with Crippen molar-refractivity contribution in [2.45, 2.75) is 11.8 Å². The number of halogens is 3. The summed E-state index contributed by atoms with van der Waals surface area (Å²) in [4.78, 5) is 28.2. The van der Waals surface area contributed by atoms with Gasteiger partial charge < -0.3 is 9.84 Å². The molecule has 0 bridgehead atoms. The number of benzene rings is 1. The third-order valence-electron chi connectivity index (χ3n) is 3.27. The molecule has 1 heterocycles. The van der Waals surface area contributed by atoms with E-state index in [1.54, 1.807) is 0 Å². The summed E-state index contributed by atoms with van der Waals surface area (Å²) in [5.41, 5.74) is 2.12. The van der Waals surface area contributed by atoms with E-state index >= 15 is 0 Å². The number of carboxylic acid groups (broad SMARTS) is 1. The van der Waals surface area contributed by atoms with Gasteiger partial charge in [0, 0.05) is 0 Å². The number of ether oxygens (including phenoxy) is 1. The Balaban J connectivity index is 2.01. The summed E-state index contributed by atoms with van der Waals surface area (Å²) < 4.78 is 29.5. The Morgan fingerprint density at radius 1 is 1.18 bits per heavy atom. The Hall–Kier alpha value is -2.11. The van der Waals surface area contributed by atoms with Crippen LogP contribution in [0.3, 0.4) is 0 Å². The molecule has 1 amide bonds. The van der Waals surface area contributed by atoms with Crippen molar-refractivity contribution in [1.82, 2.24) is 15.2 Å². The molecule has 0 atom stereocenters. The molecule has 28 heavy (non-hydrogen) atoms. The predicted molar refractivity (Wildman–Crippen MR) is 101 cm³/mol. The number of aryl methyl sites for hydroxylation is 1. The van der Waals surface area contributed by atoms with Gasteiger partial charge in [-0.1, -0.05) is 40.9 Å². The standard InChI is InChI=1S/C15H12Cl3N3O6S/c1-7-2-3-8(4-9(7)15(23)24)28(25,26)21-20-12(22)6-27-14-11(17)5-10(16)13(18)19-14/h2-5,21H,6H2,1H3,(H,20,22)(H,23,24). The van der Waals surface area contributed by atoms with Gasteiger partial charge in [0.1, 0.15) is 5.02 Å². The number of pyridine rings is 1. The van der Waals surface area contributed by atoms with Crippen molar-refractivity contribution < 1.29 is 27.9 Å². The van der Waals surface area contributed by atoms with Gasteiger partial charge in [0.05, 0.1) is 15.5 Å². The molecule has 3 N–H and O–H groups in total. The van der Waals surface area contributed by atoms with Crippen LogP contribution < -0.4 is 15.0 Å². The minimum absolute atomic E-state index is 0.00337. The van der Waals surface area contributed by atoms with Crippen molar-refractivity contribution in [1.29, 1.82) is 0 Å². The summed E-state index contributed by atoms with van der Waals surface area (Å²) in [5, 5.41) is 9.08. The molecule has 150 valence electrons. The predicted octanol–water partition coefficient (Wildman–Crippen LogP) is 2.44. The van der Waals surface area contributed by atoms with Gasteiger partial charge in [0.25, 0.3) is 15.9 Å². The lowest BCUT2D eigenvalue weighted by Crippen LogP contribution is -2.43. The van der Waals surface area contributed by atoms with E-state index < -0.39 is 28.5 Å². The molecule has 0 aliphatic carbocycles. The molecule has 0 aliphatic rings. The number of rotatable bonds is 7. The molecule has 0 aliphatic heterocycles. The van der Waals surface area contributed by atoms with Gasteiger partial charge in [-0.3, -0.25) is 10.2 Å². The third kappa shape index (κ3) is 5.46. The van der Waals surface area contributed by atoms with Crippen LogP contribution in [-0.4, -0.2) is 37.0 Å². The third-order valence-corrected chi connectivity index (χ3v) is 5.46. The summed E-state index contributed by atoms with van der Waals surface area (Å²) in [6, 6.07) is 4.78. The van der Waals surface area contributed by atoms with Crippen LogP contribution >= 0.6 is 34.8 Å². The second-order valence-electron chi connectivity index (χ2n) is 5.27. The molecule has 0 spiro atoms. The number of carbonyl (C=O) groups is 2. The molecular weight excluding hydrogens is 457 g/mol. The number of hydrogen-bond acceptors (Lipinski definition) is 6. The van der Waals surface area contributed by atoms with E-state index in [2.05, 4.69) is 4.98 Å². The molecule has 13 heteroatoms. The van der Waals surface area contributed by atoms with Crippen LogP contribution in [0.5, 0.6) is 5.88 Å². The van der Waals surface area contributed by atoms with Crippen LogP contribution in [0.25, 0.3) is 0 Å². The van der Waals surface area contributed by atoms with Gasteiger partial charge >= 0.3 is 5.97 Å². The smallest absolute Gasteiger partial charge is 0.335 e. The molecule has 1 aromatic carbocycles. The zero-order valence-corrected chi connectivity index (χ0v) is 17.1. The molecule has 2 aromatic rings. The van der Waals surface area contributed by atoms with Gasteiger partial charge in [-0.25, -0.2) is 13.2 Å². The minimum Gasteiger partial charge on any atom is -0.478 e. The minimum atomic E-state index is -4.21. The van der Waals surface area contributed by atoms with Crippen molar-refractivity contribution in [3.8, 4) is 5.88 Å². The second-order valence-corrected chi connectivity index (χ2v) is 8.13. The van der Waals surface area contributed by atoms with Crippen LogP contribution in [-0.2, 0) is 14.8 Å². The topological polar surface area (TPSA) is 135 Å². The number of aromatic nitrogens is 1. The molecule has 2 rings (SSSR count). The van der Waals surface area contributed by atoms with Crippen molar-refractivity contribution in [3.63, 3.8) is 0 Å². The number of carbonyl (C=O) groups excluding carboxylic acids is 1. The summed E-state index contributed by atoms with van der Waals surface area (Å²) >= 11 is 17.3. The molecule has 0 saturated heterocycles. The van der Waals surface area contributed by atoms with E-state index in [-0.39, 0.29) is 31.5 Å². The molecule has 0 fully saturated rings. The van der Waals surface area contributed by atoms with Gasteiger partial charge in [-0.15, -0.1) is 4.83 Å². The summed E-state index contributed by atoms with van der Waals surface area (Å²) in [6.07, 6.45) is 0. The fourth-order valence-electron chi connectivity index (χ4n) is 1.88. The first-order valence-corrected chi connectivity index (χ1v) is 9.92. The van der Waals surface area contributed by atoms with Crippen LogP contribution in [0, 0.1) is 6.92 Å². The normalized spacial score (nSPS) is 11.1. The Kier molecular flexibility index (Phi) is 7.07. The highest BCUT2D eigenvalue weighted by Gasteiger charge is 2.19. The van der Waals surface area contributed by atoms with Crippen LogP contribution in [0.4, 0.5) is 0 Å². The molecular formula is C15H12Cl3N3O6S. The Morgan fingerprint density at radius 2 is 1.86 bits per heavy atom. The van der Waals surface area contributed by atoms with Gasteiger partial charge in [0.2, 0.25) is 5.88 Å². The summed E-state index contributed by atoms with van der Waals surface area (Å²) in [6.45, 7) is 0.885. The average Bonchev–Trinajstić information content (AvgIpc) is 2.62. The van der Waals surface area contributed by atoms with Gasteiger partial charge in [-0.05, 0) is 30.7 Å². The summed E-state index contributed by atoms with van der Waals surface area (Å²) in [7, 11) is -4.21. The van der Waals surface area contributed by atoms with Crippen LogP contribution in [0.15, 0.2) is 29.2 Å². The Bertz CT molecular complexity index is 1050. The second kappa shape index (κ2) is 8.93. The number of aromatic carboxylic acids is 1. The number of nitrogens with one attached hydrogen (secondary N) is 2. The Labute approximate surface area is 174 Å². The van der Waals surface area contributed by atoms with Gasteiger partial charge in [0.15, 0.2) is 11.8 Å². The first-order chi connectivity index (χ1) is 13.0. The molecule has 1 aromatic heterocycles. The van der Waals surface area contributed by atoms with Crippen molar-refractivity contribution >= 4 is 56.7 Å². The molecule has 0 radical (unpaired) electrons. The highest BCUT2D eigenvalue weighted by atomic mass is 35.5. The zero-order valence-electron chi connectivity index (χ0n) is 14.0.